The van der Waals surface area contributed by atoms with E-state index in [1.807, 2.05) is 0 Å². The highest BCUT2D eigenvalue weighted by molar-refractivity contribution is 6.35. The van der Waals surface area contributed by atoms with Crippen molar-refractivity contribution in [1.82, 2.24) is 5.32 Å². The van der Waals surface area contributed by atoms with Gasteiger partial charge in [-0.15, -0.1) is 11.6 Å². The first-order valence-electron chi connectivity index (χ1n) is 2.22. The number of carbonyl (C=O) groups excluding carboxylic acids is 1. The standard InChI is InChI=1S/C4H5ClN2O/c5-2-1-3(8)7-4(2)6/h2H,1H2,(H2,6,7,8). The summed E-state index contributed by atoms with van der Waals surface area (Å²) in [5.41, 5.74) is 0. The Balaban J connectivity index is 2.64. The van der Waals surface area contributed by atoms with E-state index >= 15 is 0 Å². The van der Waals surface area contributed by atoms with Gasteiger partial charge in [0.1, 0.15) is 5.84 Å². The van der Waals surface area contributed by atoms with Crippen LogP contribution in [0, 0.1) is 5.41 Å². The summed E-state index contributed by atoms with van der Waals surface area (Å²) in [7, 11) is 0. The lowest BCUT2D eigenvalue weighted by molar-refractivity contribution is -0.118. The molecule has 8 heavy (non-hydrogen) atoms. The molecule has 1 aliphatic rings. The molecule has 1 amide bonds. The van der Waals surface area contributed by atoms with Crippen LogP contribution in [0.3, 0.4) is 0 Å². The minimum atomic E-state index is -0.414. The Bertz CT molecular complexity index is 145. The second kappa shape index (κ2) is 1.74. The maximum atomic E-state index is 10.3. The summed E-state index contributed by atoms with van der Waals surface area (Å²) in [6.45, 7) is 0. The average molecular weight is 133 g/mol. The normalized spacial score (nSPS) is 28.4. The van der Waals surface area contributed by atoms with Gasteiger partial charge in [-0.3, -0.25) is 10.2 Å². The van der Waals surface area contributed by atoms with Gasteiger partial charge in [0.2, 0.25) is 5.91 Å². The van der Waals surface area contributed by atoms with Gasteiger partial charge >= 0.3 is 0 Å². The summed E-state index contributed by atoms with van der Waals surface area (Å²) in [5.74, 6) is -0.0355. The first kappa shape index (κ1) is 5.56. The lowest BCUT2D eigenvalue weighted by atomic mass is 10.3. The number of hydrogen-bond acceptors (Lipinski definition) is 2. The number of rotatable bonds is 0. The van der Waals surface area contributed by atoms with Crippen LogP contribution in [0.1, 0.15) is 6.42 Å². The molecular formula is C4H5ClN2O. The number of amides is 1. The Kier molecular flexibility index (Phi) is 1.21. The summed E-state index contributed by atoms with van der Waals surface area (Å²) < 4.78 is 0. The van der Waals surface area contributed by atoms with E-state index in [-0.39, 0.29) is 18.2 Å². The molecule has 1 saturated heterocycles. The van der Waals surface area contributed by atoms with Crippen LogP contribution in [0.25, 0.3) is 0 Å². The first-order chi connectivity index (χ1) is 3.70. The first-order valence-corrected chi connectivity index (χ1v) is 2.66. The minimum absolute atomic E-state index is 0.122. The second-order valence-electron chi connectivity index (χ2n) is 1.63. The molecule has 1 aliphatic heterocycles. The molecule has 0 saturated carbocycles. The van der Waals surface area contributed by atoms with E-state index in [1.54, 1.807) is 0 Å². The van der Waals surface area contributed by atoms with E-state index in [4.69, 9.17) is 17.0 Å². The van der Waals surface area contributed by atoms with Crippen LogP contribution in [0.4, 0.5) is 0 Å². The molecule has 1 unspecified atom stereocenters. The van der Waals surface area contributed by atoms with Gasteiger partial charge in [-0.1, -0.05) is 0 Å². The third-order valence-electron chi connectivity index (χ3n) is 0.952. The molecule has 0 spiro atoms. The Labute approximate surface area is 51.5 Å². The Morgan fingerprint density at radius 3 is 2.62 bits per heavy atom. The predicted molar refractivity (Wildman–Crippen MR) is 30.1 cm³/mol. The number of nitrogens with one attached hydrogen (secondary N) is 2. The topological polar surface area (TPSA) is 53.0 Å². The summed E-state index contributed by atoms with van der Waals surface area (Å²) >= 11 is 5.45. The van der Waals surface area contributed by atoms with Crippen LogP contribution in [0.2, 0.25) is 0 Å². The highest BCUT2D eigenvalue weighted by Crippen LogP contribution is 2.07. The zero-order valence-corrected chi connectivity index (χ0v) is 4.83. The van der Waals surface area contributed by atoms with Crippen molar-refractivity contribution < 1.29 is 4.79 Å². The van der Waals surface area contributed by atoms with Crippen molar-refractivity contribution >= 4 is 23.3 Å². The number of amidine groups is 1. The van der Waals surface area contributed by atoms with Crippen molar-refractivity contribution in [3.63, 3.8) is 0 Å². The molecule has 0 aromatic rings. The SMILES string of the molecule is N=C1NC(=O)CC1Cl. The third-order valence-corrected chi connectivity index (χ3v) is 1.32. The van der Waals surface area contributed by atoms with Crippen LogP contribution >= 0.6 is 11.6 Å². The fourth-order valence-electron chi connectivity index (χ4n) is 0.544. The molecule has 0 radical (unpaired) electrons. The summed E-state index contributed by atoms with van der Waals surface area (Å²) in [6.07, 6.45) is 0.250. The van der Waals surface area contributed by atoms with Crippen molar-refractivity contribution in [2.45, 2.75) is 11.8 Å². The van der Waals surface area contributed by atoms with Crippen LogP contribution in [0.5, 0.6) is 0 Å². The average Bonchev–Trinajstić information content (AvgIpc) is 1.85. The van der Waals surface area contributed by atoms with Gasteiger partial charge < -0.3 is 5.32 Å². The monoisotopic (exact) mass is 132 g/mol. The van der Waals surface area contributed by atoms with Crippen LogP contribution < -0.4 is 5.32 Å². The van der Waals surface area contributed by atoms with E-state index < -0.39 is 5.38 Å². The molecule has 1 fully saturated rings. The highest BCUT2D eigenvalue weighted by atomic mass is 35.5. The van der Waals surface area contributed by atoms with Gasteiger partial charge in [0.15, 0.2) is 0 Å². The van der Waals surface area contributed by atoms with E-state index in [2.05, 4.69) is 5.32 Å². The molecular weight excluding hydrogens is 128 g/mol. The molecule has 0 bridgehead atoms. The number of halogens is 1. The van der Waals surface area contributed by atoms with Crippen molar-refractivity contribution in [3.05, 3.63) is 0 Å². The van der Waals surface area contributed by atoms with Crippen molar-refractivity contribution in [2.24, 2.45) is 0 Å². The molecule has 0 aliphatic carbocycles. The summed E-state index contributed by atoms with van der Waals surface area (Å²) in [4.78, 5) is 10.3. The Morgan fingerprint density at radius 1 is 1.88 bits per heavy atom. The lowest BCUT2D eigenvalue weighted by Crippen LogP contribution is -2.21. The molecule has 2 N–H and O–H groups in total. The molecule has 1 rings (SSSR count). The van der Waals surface area contributed by atoms with Crippen molar-refractivity contribution in [2.75, 3.05) is 0 Å². The molecule has 1 heterocycles. The van der Waals surface area contributed by atoms with Crippen molar-refractivity contribution in [1.29, 1.82) is 5.41 Å². The lowest BCUT2D eigenvalue weighted by Gasteiger charge is -1.90. The highest BCUT2D eigenvalue weighted by Gasteiger charge is 2.24. The molecule has 1 atom stereocenters. The van der Waals surface area contributed by atoms with Gasteiger partial charge in [-0.05, 0) is 0 Å². The van der Waals surface area contributed by atoms with Crippen LogP contribution in [-0.2, 0) is 4.79 Å². The molecule has 0 aromatic heterocycles. The quantitative estimate of drug-likeness (QED) is 0.451. The molecule has 3 nitrogen and oxygen atoms in total. The third kappa shape index (κ3) is 0.816. The molecule has 0 aromatic carbocycles. The smallest absolute Gasteiger partial charge is 0.227 e. The van der Waals surface area contributed by atoms with Gasteiger partial charge in [-0.25, -0.2) is 0 Å². The van der Waals surface area contributed by atoms with Crippen LogP contribution in [0.15, 0.2) is 0 Å². The van der Waals surface area contributed by atoms with Gasteiger partial charge in [-0.2, -0.15) is 0 Å². The summed E-state index contributed by atoms with van der Waals surface area (Å²) in [5, 5.41) is 8.79. The largest absolute Gasteiger partial charge is 0.313 e. The molecule has 4 heteroatoms. The summed E-state index contributed by atoms with van der Waals surface area (Å²) in [6, 6.07) is 0. The minimum Gasteiger partial charge on any atom is -0.313 e. The fraction of sp³-hybridized carbons (Fsp3) is 0.500. The fourth-order valence-corrected chi connectivity index (χ4v) is 0.739. The van der Waals surface area contributed by atoms with Gasteiger partial charge in [0.25, 0.3) is 0 Å². The second-order valence-corrected chi connectivity index (χ2v) is 2.16. The van der Waals surface area contributed by atoms with Gasteiger partial charge in [0, 0.05) is 0 Å². The van der Waals surface area contributed by atoms with E-state index in [0.717, 1.165) is 0 Å². The zero-order chi connectivity index (χ0) is 6.15. The Morgan fingerprint density at radius 2 is 2.50 bits per heavy atom. The number of alkyl halides is 1. The van der Waals surface area contributed by atoms with E-state index in [9.17, 15) is 4.79 Å². The van der Waals surface area contributed by atoms with E-state index in [0.29, 0.717) is 0 Å². The molecule has 44 valence electrons. The van der Waals surface area contributed by atoms with Crippen molar-refractivity contribution in [3.8, 4) is 0 Å². The predicted octanol–water partition coefficient (Wildman–Crippen LogP) is 0.0910. The zero-order valence-electron chi connectivity index (χ0n) is 4.07. The van der Waals surface area contributed by atoms with E-state index in [1.165, 1.54) is 0 Å². The number of hydrogen-bond donors (Lipinski definition) is 2. The Hall–Kier alpha value is -0.570. The maximum absolute atomic E-state index is 10.3. The van der Waals surface area contributed by atoms with Crippen LogP contribution in [-0.4, -0.2) is 17.1 Å². The van der Waals surface area contributed by atoms with Gasteiger partial charge in [0.05, 0.1) is 11.8 Å². The maximum Gasteiger partial charge on any atom is 0.227 e. The number of carbonyl (C=O) groups is 1.